The van der Waals surface area contributed by atoms with Crippen molar-refractivity contribution in [1.29, 1.82) is 0 Å². The molecule has 0 saturated carbocycles. The molecule has 2 N–H and O–H groups in total. The Balaban J connectivity index is 1.61. The normalized spacial score (nSPS) is 16.0. The highest BCUT2D eigenvalue weighted by molar-refractivity contribution is 6.04. The number of anilines is 1. The highest BCUT2D eigenvalue weighted by Crippen LogP contribution is 2.32. The van der Waals surface area contributed by atoms with Gasteiger partial charge in [0.2, 0.25) is 0 Å². The van der Waals surface area contributed by atoms with E-state index in [-0.39, 0.29) is 17.8 Å². The summed E-state index contributed by atoms with van der Waals surface area (Å²) in [6.45, 7) is 9.75. The molecular formula is C28H37FN4O2. The van der Waals surface area contributed by atoms with Crippen molar-refractivity contribution in [2.75, 3.05) is 45.7 Å². The van der Waals surface area contributed by atoms with Gasteiger partial charge in [0.05, 0.1) is 17.8 Å². The number of nitrogens with one attached hydrogen (secondary N) is 2. The largest absolute Gasteiger partial charge is 0.383 e. The summed E-state index contributed by atoms with van der Waals surface area (Å²) in [5.41, 5.74) is 6.74. The number of rotatable bonds is 9. The number of ether oxygens (including phenoxy) is 1. The Morgan fingerprint density at radius 3 is 2.80 bits per heavy atom. The Hall–Kier alpha value is -2.90. The third kappa shape index (κ3) is 5.52. The lowest BCUT2D eigenvalue weighted by Gasteiger charge is -2.29. The average Bonchev–Trinajstić information content (AvgIpc) is 3.40. The van der Waals surface area contributed by atoms with E-state index in [1.807, 2.05) is 30.0 Å². The summed E-state index contributed by atoms with van der Waals surface area (Å²) in [5, 5.41) is 4.57. The number of aryl methyl sites for hydroxylation is 3. The molecule has 188 valence electrons. The molecular weight excluding hydrogens is 443 g/mol. The van der Waals surface area contributed by atoms with Crippen molar-refractivity contribution in [3.8, 4) is 0 Å². The zero-order valence-electron chi connectivity index (χ0n) is 21.5. The first-order valence-corrected chi connectivity index (χ1v) is 12.4. The molecule has 6 nitrogen and oxygen atoms in total. The number of methoxy groups -OCH3 is 1. The molecule has 1 aliphatic heterocycles. The van der Waals surface area contributed by atoms with Crippen molar-refractivity contribution < 1.29 is 13.9 Å². The Morgan fingerprint density at radius 1 is 1.26 bits per heavy atom. The third-order valence-electron chi connectivity index (χ3n) is 7.28. The lowest BCUT2D eigenvalue weighted by molar-refractivity contribution is 0.0698. The van der Waals surface area contributed by atoms with Crippen molar-refractivity contribution in [3.63, 3.8) is 0 Å². The molecule has 0 unspecified atom stereocenters. The molecule has 1 saturated heterocycles. The van der Waals surface area contributed by atoms with Gasteiger partial charge in [-0.05, 0) is 81.6 Å². The topological polar surface area (TPSA) is 60.6 Å². The number of likely N-dealkylation sites (tertiary alicyclic amines) is 1. The lowest BCUT2D eigenvalue weighted by atomic mass is 10.0. The number of amides is 1. The Labute approximate surface area is 207 Å². The maximum absolute atomic E-state index is 13.7. The van der Waals surface area contributed by atoms with E-state index in [0.717, 1.165) is 71.5 Å². The molecule has 7 heteroatoms. The van der Waals surface area contributed by atoms with Gasteiger partial charge in [-0.1, -0.05) is 6.07 Å². The van der Waals surface area contributed by atoms with Crippen LogP contribution in [0.4, 0.5) is 10.1 Å². The first-order valence-electron chi connectivity index (χ1n) is 12.4. The van der Waals surface area contributed by atoms with Crippen LogP contribution in [0.1, 0.15) is 45.6 Å². The van der Waals surface area contributed by atoms with Crippen LogP contribution in [0.15, 0.2) is 30.3 Å². The fourth-order valence-corrected chi connectivity index (χ4v) is 5.02. The molecule has 1 atom stereocenters. The van der Waals surface area contributed by atoms with Crippen molar-refractivity contribution in [1.82, 2.24) is 14.8 Å². The van der Waals surface area contributed by atoms with Crippen molar-refractivity contribution >= 4 is 22.5 Å². The average molecular weight is 481 g/mol. The highest BCUT2D eigenvalue weighted by atomic mass is 19.1. The number of halogens is 1. The van der Waals surface area contributed by atoms with Crippen LogP contribution >= 0.6 is 0 Å². The van der Waals surface area contributed by atoms with E-state index < -0.39 is 0 Å². The Morgan fingerprint density at radius 2 is 2.06 bits per heavy atom. The van der Waals surface area contributed by atoms with Gasteiger partial charge in [-0.3, -0.25) is 4.79 Å². The van der Waals surface area contributed by atoms with Gasteiger partial charge < -0.3 is 24.8 Å². The van der Waals surface area contributed by atoms with E-state index in [1.54, 1.807) is 13.2 Å². The fourth-order valence-electron chi connectivity index (χ4n) is 5.02. The van der Waals surface area contributed by atoms with Crippen LogP contribution in [-0.4, -0.2) is 67.1 Å². The van der Waals surface area contributed by atoms with Gasteiger partial charge in [0.25, 0.3) is 5.91 Å². The summed E-state index contributed by atoms with van der Waals surface area (Å²) in [4.78, 5) is 21.5. The van der Waals surface area contributed by atoms with E-state index >= 15 is 0 Å². The van der Waals surface area contributed by atoms with E-state index in [4.69, 9.17) is 4.74 Å². The first kappa shape index (κ1) is 25.2. The van der Waals surface area contributed by atoms with Gasteiger partial charge in [0, 0.05) is 56.0 Å². The summed E-state index contributed by atoms with van der Waals surface area (Å²) >= 11 is 0. The van der Waals surface area contributed by atoms with E-state index in [2.05, 4.69) is 36.1 Å². The molecule has 0 bridgehead atoms. The van der Waals surface area contributed by atoms with Crippen LogP contribution in [0.5, 0.6) is 0 Å². The maximum atomic E-state index is 13.7. The molecule has 4 rings (SSSR count). The van der Waals surface area contributed by atoms with Crippen LogP contribution < -0.4 is 5.32 Å². The third-order valence-corrected chi connectivity index (χ3v) is 7.28. The van der Waals surface area contributed by atoms with Crippen LogP contribution in [0, 0.1) is 26.6 Å². The molecule has 1 amide bonds. The van der Waals surface area contributed by atoms with Crippen LogP contribution in [-0.2, 0) is 11.3 Å². The Bertz CT molecular complexity index is 1210. The van der Waals surface area contributed by atoms with Gasteiger partial charge in [-0.25, -0.2) is 4.39 Å². The molecule has 35 heavy (non-hydrogen) atoms. The summed E-state index contributed by atoms with van der Waals surface area (Å²) in [6.07, 6.45) is 2.04. The van der Waals surface area contributed by atoms with Crippen LogP contribution in [0.3, 0.4) is 0 Å². The van der Waals surface area contributed by atoms with Gasteiger partial charge >= 0.3 is 0 Å². The number of aromatic amines is 1. The van der Waals surface area contributed by atoms with Crippen LogP contribution in [0.2, 0.25) is 0 Å². The zero-order chi connectivity index (χ0) is 25.1. The highest BCUT2D eigenvalue weighted by Gasteiger charge is 2.30. The number of nitrogens with zero attached hydrogens (tertiary/aromatic N) is 2. The Kier molecular flexibility index (Phi) is 7.77. The molecule has 0 spiro atoms. The van der Waals surface area contributed by atoms with Gasteiger partial charge in [-0.2, -0.15) is 0 Å². The van der Waals surface area contributed by atoms with Gasteiger partial charge in [-0.15, -0.1) is 0 Å². The molecule has 3 aromatic rings. The standard InChI is InChI=1S/C28H37FN4O2/c1-18-13-23(29)9-8-21(18)16-30-26-15-22(14-25-19(2)20(3)31-27(25)26)28(34)33-10-6-7-24(33)17-32(4)11-12-35-5/h8-9,13-15,24,30-31H,6-7,10-12,16-17H2,1-5H3/t24-/m0/s1. The number of benzene rings is 2. The smallest absolute Gasteiger partial charge is 0.254 e. The number of likely N-dealkylation sites (N-methyl/N-ethyl adjacent to an activating group) is 1. The summed E-state index contributed by atoms with van der Waals surface area (Å²) in [5.74, 6) is -0.154. The predicted octanol–water partition coefficient (Wildman–Crippen LogP) is 5.03. The minimum absolute atomic E-state index is 0.0776. The molecule has 2 heterocycles. The molecule has 2 aromatic carbocycles. The second-order valence-electron chi connectivity index (χ2n) is 9.80. The van der Waals surface area contributed by atoms with Crippen molar-refractivity contribution in [3.05, 3.63) is 64.1 Å². The molecule has 0 radical (unpaired) electrons. The van der Waals surface area contributed by atoms with Gasteiger partial charge in [0.15, 0.2) is 0 Å². The molecule has 1 aromatic heterocycles. The SMILES string of the molecule is COCCN(C)C[C@@H]1CCCN1C(=O)c1cc(NCc2ccc(F)cc2C)c2[nH]c(C)c(C)c2c1. The quantitative estimate of drug-likeness (QED) is 0.451. The number of H-pyrrole nitrogens is 1. The minimum atomic E-state index is -0.232. The number of carbonyl (C=O) groups is 1. The number of aromatic nitrogens is 1. The number of hydrogen-bond acceptors (Lipinski definition) is 4. The predicted molar refractivity (Wildman–Crippen MR) is 140 cm³/mol. The fraction of sp³-hybridized carbons (Fsp3) is 0.464. The second kappa shape index (κ2) is 10.8. The van der Waals surface area contributed by atoms with Gasteiger partial charge in [0.1, 0.15) is 5.82 Å². The summed E-state index contributed by atoms with van der Waals surface area (Å²) in [7, 11) is 3.79. The molecule has 0 aliphatic carbocycles. The van der Waals surface area contributed by atoms with E-state index in [9.17, 15) is 9.18 Å². The monoisotopic (exact) mass is 480 g/mol. The molecule has 1 fully saturated rings. The second-order valence-corrected chi connectivity index (χ2v) is 9.80. The van der Waals surface area contributed by atoms with Crippen LogP contribution in [0.25, 0.3) is 10.9 Å². The number of fused-ring (bicyclic) bond motifs is 1. The van der Waals surface area contributed by atoms with Crippen molar-refractivity contribution in [2.45, 2.75) is 46.2 Å². The van der Waals surface area contributed by atoms with E-state index in [1.165, 1.54) is 6.07 Å². The first-order chi connectivity index (χ1) is 16.8. The molecule has 1 aliphatic rings. The van der Waals surface area contributed by atoms with E-state index in [0.29, 0.717) is 18.7 Å². The lowest BCUT2D eigenvalue weighted by Crippen LogP contribution is -2.42. The zero-order valence-corrected chi connectivity index (χ0v) is 21.5. The minimum Gasteiger partial charge on any atom is -0.383 e. The summed E-state index contributed by atoms with van der Waals surface area (Å²) < 4.78 is 18.8. The van der Waals surface area contributed by atoms with Crippen molar-refractivity contribution in [2.24, 2.45) is 0 Å². The number of carbonyl (C=O) groups excluding carboxylic acids is 1. The number of hydrogen-bond donors (Lipinski definition) is 2. The summed E-state index contributed by atoms with van der Waals surface area (Å²) in [6, 6.07) is 9.03. The maximum Gasteiger partial charge on any atom is 0.254 e.